The average Bonchev–Trinajstić information content (AvgIpc) is 2.59. The molecule has 0 aliphatic carbocycles. The molecule has 2 rings (SSSR count). The molecule has 7 nitrogen and oxygen atoms in total. The minimum atomic E-state index is -0.947. The van der Waals surface area contributed by atoms with E-state index in [9.17, 15) is 14.7 Å². The van der Waals surface area contributed by atoms with Crippen LogP contribution in [0.25, 0.3) is 0 Å². The van der Waals surface area contributed by atoms with Crippen LogP contribution in [0.3, 0.4) is 0 Å². The lowest BCUT2D eigenvalue weighted by molar-refractivity contribution is -0.136. The molecule has 0 aliphatic heterocycles. The maximum Gasteiger partial charge on any atom is 0.329 e. The monoisotopic (exact) mass is 405 g/mol. The molecule has 0 heterocycles. The number of hydrogen-bond donors (Lipinski definition) is 3. The lowest BCUT2D eigenvalue weighted by Crippen LogP contribution is -2.32. The van der Waals surface area contributed by atoms with E-state index in [4.69, 9.17) is 4.74 Å². The number of anilines is 1. The number of rotatable bonds is 5. The molecule has 0 radical (unpaired) electrons. The van der Waals surface area contributed by atoms with Crippen LogP contribution in [0.2, 0.25) is 0 Å². The normalized spacial score (nSPS) is 10.5. The highest BCUT2D eigenvalue weighted by molar-refractivity contribution is 9.10. The molecule has 2 amide bonds. The average molecular weight is 406 g/mol. The Labute approximate surface area is 152 Å². The number of nitrogens with one attached hydrogen (secondary N) is 2. The van der Waals surface area contributed by atoms with Crippen LogP contribution in [0.4, 0.5) is 5.69 Å². The molecule has 8 heteroatoms. The van der Waals surface area contributed by atoms with Gasteiger partial charge in [-0.25, -0.2) is 5.43 Å². The molecule has 0 saturated carbocycles. The fraction of sp³-hybridized carbons (Fsp3) is 0.118. The van der Waals surface area contributed by atoms with E-state index in [2.05, 4.69) is 31.8 Å². The van der Waals surface area contributed by atoms with Gasteiger partial charge in [0.25, 0.3) is 0 Å². The number of carbonyl (C=O) groups is 2. The molecule has 0 aromatic heterocycles. The Morgan fingerprint density at radius 1 is 1.24 bits per heavy atom. The molecule has 0 aliphatic rings. The molecule has 0 saturated heterocycles. The summed E-state index contributed by atoms with van der Waals surface area (Å²) in [6, 6.07) is 11.5. The minimum absolute atomic E-state index is 0.00343. The van der Waals surface area contributed by atoms with Crippen LogP contribution in [0.15, 0.2) is 52.0 Å². The summed E-state index contributed by atoms with van der Waals surface area (Å²) in [4.78, 5) is 23.7. The first-order valence-electron chi connectivity index (χ1n) is 7.36. The van der Waals surface area contributed by atoms with E-state index in [1.165, 1.54) is 12.3 Å². The number of benzene rings is 2. The van der Waals surface area contributed by atoms with Crippen LogP contribution in [-0.2, 0) is 9.59 Å². The maximum atomic E-state index is 11.9. The third-order valence-electron chi connectivity index (χ3n) is 3.00. The highest BCUT2D eigenvalue weighted by Gasteiger charge is 2.15. The molecular formula is C17H16BrN3O4. The third kappa shape index (κ3) is 5.32. The van der Waals surface area contributed by atoms with E-state index in [1.807, 2.05) is 6.92 Å². The number of hydrogen-bond acceptors (Lipinski definition) is 5. The van der Waals surface area contributed by atoms with Gasteiger partial charge >= 0.3 is 11.8 Å². The van der Waals surface area contributed by atoms with E-state index < -0.39 is 11.8 Å². The topological polar surface area (TPSA) is 100 Å². The Bertz CT molecular complexity index is 808. The summed E-state index contributed by atoms with van der Waals surface area (Å²) in [5.41, 5.74) is 2.87. The van der Waals surface area contributed by atoms with Gasteiger partial charge in [-0.1, -0.05) is 28.1 Å². The van der Waals surface area contributed by atoms with Gasteiger partial charge in [0.05, 0.1) is 18.5 Å². The number of nitrogens with zero attached hydrogens (tertiary/aromatic N) is 1. The van der Waals surface area contributed by atoms with E-state index in [1.54, 1.807) is 36.4 Å². The molecule has 2 aromatic rings. The number of phenolic OH excluding ortho intramolecular Hbond substituents is 1. The minimum Gasteiger partial charge on any atom is -0.507 e. The molecular weight excluding hydrogens is 390 g/mol. The van der Waals surface area contributed by atoms with Crippen molar-refractivity contribution < 1.29 is 19.4 Å². The summed E-state index contributed by atoms with van der Waals surface area (Å²) in [6.07, 6.45) is 1.24. The number of phenols is 1. The number of ether oxygens (including phenoxy) is 1. The standard InChI is InChI=1S/C17H16BrN3O4/c1-2-25-15-6-4-3-5-13(15)20-16(23)17(24)21-19-10-11-9-12(18)7-8-14(11)22/h3-10,22H,2H2,1H3,(H,20,23)(H,21,24). The van der Waals surface area contributed by atoms with Crippen molar-refractivity contribution >= 4 is 39.6 Å². The van der Waals surface area contributed by atoms with Crippen LogP contribution in [0, 0.1) is 0 Å². The van der Waals surface area contributed by atoms with Crippen LogP contribution < -0.4 is 15.5 Å². The Morgan fingerprint density at radius 2 is 2.00 bits per heavy atom. The Morgan fingerprint density at radius 3 is 2.76 bits per heavy atom. The number of halogens is 1. The molecule has 0 unspecified atom stereocenters. The summed E-state index contributed by atoms with van der Waals surface area (Å²) in [5.74, 6) is -1.37. The number of hydrazone groups is 1. The Kier molecular flexibility index (Phi) is 6.53. The zero-order valence-electron chi connectivity index (χ0n) is 13.3. The molecule has 0 spiro atoms. The first kappa shape index (κ1) is 18.5. The van der Waals surface area contributed by atoms with Crippen molar-refractivity contribution in [2.75, 3.05) is 11.9 Å². The van der Waals surface area contributed by atoms with E-state index >= 15 is 0 Å². The van der Waals surface area contributed by atoms with Crippen molar-refractivity contribution in [1.29, 1.82) is 0 Å². The Hall–Kier alpha value is -2.87. The van der Waals surface area contributed by atoms with Crippen molar-refractivity contribution in [2.45, 2.75) is 6.92 Å². The van der Waals surface area contributed by atoms with Gasteiger partial charge in [0, 0.05) is 10.0 Å². The zero-order valence-corrected chi connectivity index (χ0v) is 14.9. The summed E-state index contributed by atoms with van der Waals surface area (Å²) in [7, 11) is 0. The lowest BCUT2D eigenvalue weighted by atomic mass is 10.2. The number of para-hydroxylation sites is 2. The fourth-order valence-corrected chi connectivity index (χ4v) is 2.25. The molecule has 0 fully saturated rings. The van der Waals surface area contributed by atoms with Crippen LogP contribution >= 0.6 is 15.9 Å². The molecule has 3 N–H and O–H groups in total. The predicted octanol–water partition coefficient (Wildman–Crippen LogP) is 2.64. The maximum absolute atomic E-state index is 11.9. The SMILES string of the molecule is CCOc1ccccc1NC(=O)C(=O)NN=Cc1cc(Br)ccc1O. The van der Waals surface area contributed by atoms with Gasteiger partial charge in [-0.15, -0.1) is 0 Å². The van der Waals surface area contributed by atoms with E-state index in [0.717, 1.165) is 4.47 Å². The number of aromatic hydroxyl groups is 1. The smallest absolute Gasteiger partial charge is 0.329 e. The lowest BCUT2D eigenvalue weighted by Gasteiger charge is -2.10. The molecule has 25 heavy (non-hydrogen) atoms. The fourth-order valence-electron chi connectivity index (χ4n) is 1.87. The summed E-state index contributed by atoms with van der Waals surface area (Å²) in [6.45, 7) is 2.25. The molecule has 0 atom stereocenters. The van der Waals surface area contributed by atoms with Gasteiger partial charge in [-0.3, -0.25) is 9.59 Å². The van der Waals surface area contributed by atoms with E-state index in [0.29, 0.717) is 23.6 Å². The van der Waals surface area contributed by atoms with Gasteiger partial charge in [-0.2, -0.15) is 5.10 Å². The van der Waals surface area contributed by atoms with Gasteiger partial charge in [0.1, 0.15) is 11.5 Å². The third-order valence-corrected chi connectivity index (χ3v) is 3.49. The largest absolute Gasteiger partial charge is 0.507 e. The number of amides is 2. The number of carbonyl (C=O) groups excluding carboxylic acids is 2. The molecule has 0 bridgehead atoms. The van der Waals surface area contributed by atoms with E-state index in [-0.39, 0.29) is 5.75 Å². The van der Waals surface area contributed by atoms with Crippen LogP contribution in [-0.4, -0.2) is 29.7 Å². The van der Waals surface area contributed by atoms with Crippen molar-refractivity contribution in [3.8, 4) is 11.5 Å². The van der Waals surface area contributed by atoms with Crippen molar-refractivity contribution in [3.63, 3.8) is 0 Å². The summed E-state index contributed by atoms with van der Waals surface area (Å²) < 4.78 is 6.11. The summed E-state index contributed by atoms with van der Waals surface area (Å²) in [5, 5.41) is 15.8. The quantitative estimate of drug-likeness (QED) is 0.404. The Balaban J connectivity index is 1.98. The summed E-state index contributed by atoms with van der Waals surface area (Å²) >= 11 is 3.26. The van der Waals surface area contributed by atoms with Crippen molar-refractivity contribution in [2.24, 2.45) is 5.10 Å². The highest BCUT2D eigenvalue weighted by Crippen LogP contribution is 2.23. The van der Waals surface area contributed by atoms with Gasteiger partial charge < -0.3 is 15.2 Å². The van der Waals surface area contributed by atoms with Crippen LogP contribution in [0.5, 0.6) is 11.5 Å². The van der Waals surface area contributed by atoms with Gasteiger partial charge in [-0.05, 0) is 37.3 Å². The zero-order chi connectivity index (χ0) is 18.2. The van der Waals surface area contributed by atoms with Gasteiger partial charge in [0.2, 0.25) is 0 Å². The second kappa shape index (κ2) is 8.84. The predicted molar refractivity (Wildman–Crippen MR) is 97.8 cm³/mol. The first-order chi connectivity index (χ1) is 12.0. The van der Waals surface area contributed by atoms with Crippen LogP contribution in [0.1, 0.15) is 12.5 Å². The molecule has 130 valence electrons. The van der Waals surface area contributed by atoms with Crippen molar-refractivity contribution in [3.05, 3.63) is 52.5 Å². The second-order valence-electron chi connectivity index (χ2n) is 4.79. The first-order valence-corrected chi connectivity index (χ1v) is 8.15. The van der Waals surface area contributed by atoms with Crippen molar-refractivity contribution in [1.82, 2.24) is 5.43 Å². The molecule has 2 aromatic carbocycles. The highest BCUT2D eigenvalue weighted by atomic mass is 79.9. The second-order valence-corrected chi connectivity index (χ2v) is 5.70. The van der Waals surface area contributed by atoms with Gasteiger partial charge in [0.15, 0.2) is 0 Å².